The summed E-state index contributed by atoms with van der Waals surface area (Å²) in [7, 11) is -3.28. The molecular weight excluding hydrogens is 421 g/mol. The molecule has 11 heteroatoms. The van der Waals surface area contributed by atoms with Crippen molar-refractivity contribution in [2.45, 2.75) is 11.3 Å². The molecule has 0 spiro atoms. The van der Waals surface area contributed by atoms with Crippen molar-refractivity contribution >= 4 is 56.3 Å². The van der Waals surface area contributed by atoms with Crippen LogP contribution in [0, 0.1) is 0 Å². The van der Waals surface area contributed by atoms with Crippen LogP contribution in [0.1, 0.15) is 5.56 Å². The van der Waals surface area contributed by atoms with Crippen molar-refractivity contribution in [2.24, 2.45) is 0 Å². The van der Waals surface area contributed by atoms with Gasteiger partial charge in [-0.15, -0.1) is 16.4 Å². The molecule has 0 bridgehead atoms. The Morgan fingerprint density at radius 1 is 1.23 bits per heavy atom. The Kier molecular flexibility index (Phi) is 5.33. The standard InChI is InChI=1S/C15H11Cl2N3O4S2/c1-26(22,23)9-4-2-8(3-5-9)6-12(21)18-15-20-19-14(24-15)10-7-11(16)25-13(10)17/h2-5,7H,6H2,1H3,(H,18,20,21). The summed E-state index contributed by atoms with van der Waals surface area (Å²) in [5, 5.41) is 10.1. The van der Waals surface area contributed by atoms with Crippen molar-refractivity contribution in [3.05, 3.63) is 44.6 Å². The van der Waals surface area contributed by atoms with Crippen LogP contribution >= 0.6 is 34.5 Å². The number of hydrogen-bond donors (Lipinski definition) is 1. The minimum atomic E-state index is -3.28. The van der Waals surface area contributed by atoms with Gasteiger partial charge in [-0.2, -0.15) is 0 Å². The van der Waals surface area contributed by atoms with Crippen LogP contribution in [0.3, 0.4) is 0 Å². The topological polar surface area (TPSA) is 102 Å². The molecule has 7 nitrogen and oxygen atoms in total. The molecule has 0 unspecified atom stereocenters. The lowest BCUT2D eigenvalue weighted by atomic mass is 10.1. The minimum Gasteiger partial charge on any atom is -0.403 e. The molecule has 2 heterocycles. The number of aromatic nitrogens is 2. The zero-order chi connectivity index (χ0) is 18.9. The molecule has 0 radical (unpaired) electrons. The van der Waals surface area contributed by atoms with E-state index in [9.17, 15) is 13.2 Å². The molecular formula is C15H11Cl2N3O4S2. The number of benzene rings is 1. The van der Waals surface area contributed by atoms with Crippen molar-refractivity contribution in [1.82, 2.24) is 10.2 Å². The van der Waals surface area contributed by atoms with Gasteiger partial charge in [0.15, 0.2) is 9.84 Å². The molecule has 1 amide bonds. The first-order chi connectivity index (χ1) is 12.2. The molecule has 3 rings (SSSR count). The Morgan fingerprint density at radius 3 is 2.50 bits per heavy atom. The summed E-state index contributed by atoms with van der Waals surface area (Å²) < 4.78 is 29.1. The first kappa shape index (κ1) is 18.8. The summed E-state index contributed by atoms with van der Waals surface area (Å²) in [6.45, 7) is 0. The molecule has 0 atom stereocenters. The van der Waals surface area contributed by atoms with E-state index < -0.39 is 9.84 Å². The summed E-state index contributed by atoms with van der Waals surface area (Å²) in [5.41, 5.74) is 1.13. The zero-order valence-electron chi connectivity index (χ0n) is 13.2. The maximum absolute atomic E-state index is 12.1. The number of sulfone groups is 1. The van der Waals surface area contributed by atoms with Crippen LogP contribution < -0.4 is 5.32 Å². The van der Waals surface area contributed by atoms with E-state index in [2.05, 4.69) is 15.5 Å². The zero-order valence-corrected chi connectivity index (χ0v) is 16.3. The van der Waals surface area contributed by atoms with E-state index in [1.165, 1.54) is 12.1 Å². The van der Waals surface area contributed by atoms with E-state index in [-0.39, 0.29) is 29.1 Å². The fourth-order valence-electron chi connectivity index (χ4n) is 2.07. The summed E-state index contributed by atoms with van der Waals surface area (Å²) in [6.07, 6.45) is 1.14. The SMILES string of the molecule is CS(=O)(=O)c1ccc(CC(=O)Nc2nnc(-c3cc(Cl)sc3Cl)o2)cc1. The van der Waals surface area contributed by atoms with E-state index in [1.54, 1.807) is 18.2 Å². The highest BCUT2D eigenvalue weighted by molar-refractivity contribution is 7.90. The molecule has 26 heavy (non-hydrogen) atoms. The Balaban J connectivity index is 1.66. The van der Waals surface area contributed by atoms with Gasteiger partial charge < -0.3 is 4.42 Å². The normalized spacial score (nSPS) is 11.5. The van der Waals surface area contributed by atoms with Gasteiger partial charge in [-0.25, -0.2) is 8.42 Å². The van der Waals surface area contributed by atoms with Crippen LogP contribution in [0.2, 0.25) is 8.67 Å². The van der Waals surface area contributed by atoms with Crippen LogP contribution in [0.4, 0.5) is 6.01 Å². The van der Waals surface area contributed by atoms with Gasteiger partial charge in [0.1, 0.15) is 4.34 Å². The number of hydrogen-bond acceptors (Lipinski definition) is 7. The maximum Gasteiger partial charge on any atom is 0.322 e. The van der Waals surface area contributed by atoms with E-state index in [4.69, 9.17) is 27.6 Å². The highest BCUT2D eigenvalue weighted by atomic mass is 35.5. The van der Waals surface area contributed by atoms with Gasteiger partial charge in [0, 0.05) is 6.26 Å². The van der Waals surface area contributed by atoms with Gasteiger partial charge in [-0.3, -0.25) is 10.1 Å². The van der Waals surface area contributed by atoms with Crippen molar-refractivity contribution in [3.63, 3.8) is 0 Å². The summed E-state index contributed by atoms with van der Waals surface area (Å²) >= 11 is 13.1. The predicted octanol–water partition coefficient (Wildman–Crippen LogP) is 3.69. The Labute approximate surface area is 162 Å². The minimum absolute atomic E-state index is 0.0206. The van der Waals surface area contributed by atoms with E-state index >= 15 is 0 Å². The molecule has 1 N–H and O–H groups in total. The predicted molar refractivity (Wildman–Crippen MR) is 99.5 cm³/mol. The quantitative estimate of drug-likeness (QED) is 0.660. The molecule has 136 valence electrons. The number of amides is 1. The number of halogens is 2. The summed E-state index contributed by atoms with van der Waals surface area (Å²) in [4.78, 5) is 12.3. The van der Waals surface area contributed by atoms with Gasteiger partial charge in [0.05, 0.1) is 21.2 Å². The lowest BCUT2D eigenvalue weighted by Gasteiger charge is -2.03. The van der Waals surface area contributed by atoms with Crippen molar-refractivity contribution in [3.8, 4) is 11.5 Å². The van der Waals surface area contributed by atoms with Gasteiger partial charge in [-0.05, 0) is 23.8 Å². The average Bonchev–Trinajstić information content (AvgIpc) is 3.12. The molecule has 0 aliphatic heterocycles. The number of carbonyl (C=O) groups excluding carboxylic acids is 1. The molecule has 0 aliphatic rings. The largest absolute Gasteiger partial charge is 0.403 e. The van der Waals surface area contributed by atoms with Crippen LogP contribution in [-0.2, 0) is 21.1 Å². The van der Waals surface area contributed by atoms with Gasteiger partial charge in [-0.1, -0.05) is 40.4 Å². The second-order valence-electron chi connectivity index (χ2n) is 5.29. The number of nitrogens with zero attached hydrogens (tertiary/aromatic N) is 2. The van der Waals surface area contributed by atoms with Crippen LogP contribution in [-0.4, -0.2) is 30.8 Å². The number of thiophene rings is 1. The monoisotopic (exact) mass is 431 g/mol. The highest BCUT2D eigenvalue weighted by Crippen LogP contribution is 2.37. The number of carbonyl (C=O) groups is 1. The first-order valence-corrected chi connectivity index (χ1v) is 10.6. The van der Waals surface area contributed by atoms with Crippen molar-refractivity contribution < 1.29 is 17.6 Å². The fraction of sp³-hybridized carbons (Fsp3) is 0.133. The Hall–Kier alpha value is -1.94. The van der Waals surface area contributed by atoms with Gasteiger partial charge >= 0.3 is 6.01 Å². The fourth-order valence-corrected chi connectivity index (χ4v) is 4.15. The molecule has 1 aromatic carbocycles. The molecule has 0 saturated heterocycles. The molecule has 3 aromatic rings. The van der Waals surface area contributed by atoms with E-state index in [1.807, 2.05) is 0 Å². The van der Waals surface area contributed by atoms with Crippen molar-refractivity contribution in [1.29, 1.82) is 0 Å². The average molecular weight is 432 g/mol. The van der Waals surface area contributed by atoms with Gasteiger partial charge in [0.25, 0.3) is 5.89 Å². The van der Waals surface area contributed by atoms with Crippen LogP contribution in [0.25, 0.3) is 11.5 Å². The molecule has 0 aliphatic carbocycles. The third-order valence-electron chi connectivity index (χ3n) is 3.27. The van der Waals surface area contributed by atoms with E-state index in [0.717, 1.165) is 17.6 Å². The van der Waals surface area contributed by atoms with Crippen molar-refractivity contribution in [2.75, 3.05) is 11.6 Å². The molecule has 0 saturated carbocycles. The number of anilines is 1. The summed E-state index contributed by atoms with van der Waals surface area (Å²) in [6, 6.07) is 7.56. The second kappa shape index (κ2) is 7.36. The number of rotatable bonds is 5. The van der Waals surface area contributed by atoms with Crippen LogP contribution in [0.15, 0.2) is 39.6 Å². The second-order valence-corrected chi connectivity index (χ2v) is 9.59. The Morgan fingerprint density at radius 2 is 1.92 bits per heavy atom. The molecule has 0 fully saturated rings. The lowest BCUT2D eigenvalue weighted by molar-refractivity contribution is -0.115. The molecule has 2 aromatic heterocycles. The smallest absolute Gasteiger partial charge is 0.322 e. The third-order valence-corrected chi connectivity index (χ3v) is 5.89. The highest BCUT2D eigenvalue weighted by Gasteiger charge is 2.16. The first-order valence-electron chi connectivity index (χ1n) is 7.10. The lowest BCUT2D eigenvalue weighted by Crippen LogP contribution is -2.14. The maximum atomic E-state index is 12.1. The third kappa shape index (κ3) is 4.42. The summed E-state index contributed by atoms with van der Waals surface area (Å²) in [5.74, 6) is -0.243. The van der Waals surface area contributed by atoms with Crippen LogP contribution in [0.5, 0.6) is 0 Å². The number of nitrogens with one attached hydrogen (secondary N) is 1. The van der Waals surface area contributed by atoms with Gasteiger partial charge in [0.2, 0.25) is 5.91 Å². The van der Waals surface area contributed by atoms with E-state index in [0.29, 0.717) is 19.8 Å². The Bertz CT molecular complexity index is 1060.